The van der Waals surface area contributed by atoms with Gasteiger partial charge in [0.15, 0.2) is 17.9 Å². The summed E-state index contributed by atoms with van der Waals surface area (Å²) in [6, 6.07) is 12.3. The van der Waals surface area contributed by atoms with Gasteiger partial charge in [0.2, 0.25) is 0 Å². The minimum atomic E-state index is -0.912. The lowest BCUT2D eigenvalue weighted by Crippen LogP contribution is -2.32. The maximum Gasteiger partial charge on any atom is 0.159 e. The number of aryl methyl sites for hydroxylation is 1. The molecule has 6 heteroatoms. The van der Waals surface area contributed by atoms with Crippen molar-refractivity contribution in [1.29, 1.82) is 0 Å². The van der Waals surface area contributed by atoms with Crippen molar-refractivity contribution < 1.29 is 27.4 Å². The third-order valence-electron chi connectivity index (χ3n) is 5.92. The lowest BCUT2D eigenvalue weighted by molar-refractivity contribution is -0.203. The van der Waals surface area contributed by atoms with Gasteiger partial charge in [0.25, 0.3) is 0 Å². The fourth-order valence-corrected chi connectivity index (χ4v) is 3.99. The Morgan fingerprint density at radius 3 is 2.35 bits per heavy atom. The molecule has 1 aliphatic heterocycles. The van der Waals surface area contributed by atoms with Crippen molar-refractivity contribution in [2.75, 3.05) is 26.9 Å². The Hall–Kier alpha value is -2.85. The maximum atomic E-state index is 14.6. The highest BCUT2D eigenvalue weighted by atomic mass is 19.2. The van der Waals surface area contributed by atoms with Crippen LogP contribution in [0.4, 0.5) is 13.2 Å². The summed E-state index contributed by atoms with van der Waals surface area (Å²) in [6.07, 6.45) is 3.03. The van der Waals surface area contributed by atoms with Crippen molar-refractivity contribution in [2.45, 2.75) is 32.0 Å². The van der Waals surface area contributed by atoms with Crippen LogP contribution in [-0.2, 0) is 20.6 Å². The first-order valence-corrected chi connectivity index (χ1v) is 11.4. The second kappa shape index (κ2) is 11.5. The molecule has 3 aromatic carbocycles. The molecule has 0 radical (unpaired) electrons. The Labute approximate surface area is 197 Å². The van der Waals surface area contributed by atoms with Crippen molar-refractivity contribution >= 4 is 10.8 Å². The third-order valence-corrected chi connectivity index (χ3v) is 5.92. The van der Waals surface area contributed by atoms with Gasteiger partial charge in [-0.2, -0.15) is 0 Å². The van der Waals surface area contributed by atoms with Gasteiger partial charge in [0, 0.05) is 31.6 Å². The van der Waals surface area contributed by atoms with Gasteiger partial charge >= 0.3 is 0 Å². The molecule has 0 saturated carbocycles. The monoisotopic (exact) mass is 468 g/mol. The average molecular weight is 469 g/mol. The summed E-state index contributed by atoms with van der Waals surface area (Å²) in [7, 11) is 1.70. The van der Waals surface area contributed by atoms with E-state index in [4.69, 9.17) is 14.2 Å². The Balaban J connectivity index is 1.32. The van der Waals surface area contributed by atoms with Gasteiger partial charge < -0.3 is 14.2 Å². The molecule has 1 aliphatic rings. The molecule has 0 N–H and O–H groups in total. The zero-order valence-corrected chi connectivity index (χ0v) is 19.1. The minimum absolute atomic E-state index is 0.271. The average Bonchev–Trinajstić information content (AvgIpc) is 2.84. The molecular formula is C28H27F3O3. The van der Waals surface area contributed by atoms with Crippen LogP contribution in [0.5, 0.6) is 0 Å². The molecule has 1 fully saturated rings. The molecule has 0 amide bonds. The van der Waals surface area contributed by atoms with Gasteiger partial charge in [0.05, 0.1) is 18.8 Å². The lowest BCUT2D eigenvalue weighted by Gasteiger charge is -2.29. The minimum Gasteiger partial charge on any atom is -0.385 e. The topological polar surface area (TPSA) is 27.7 Å². The molecule has 0 bridgehead atoms. The number of hydrogen-bond acceptors (Lipinski definition) is 3. The largest absolute Gasteiger partial charge is 0.385 e. The standard InChI is InChI=1S/C28H27F3O3/c1-32-12-2-3-21-17-33-28(34-18-21)11-7-20-5-9-22(25(29)14-20)8-4-19-6-10-23-15-26(30)27(31)16-24(23)13-19/h5-6,9-10,13-16,21,28H,2-3,7,11-12,17-18H2,1H3. The van der Waals surface area contributed by atoms with E-state index in [1.54, 1.807) is 31.4 Å². The number of hydrogen-bond donors (Lipinski definition) is 0. The molecule has 4 rings (SSSR count). The summed E-state index contributed by atoms with van der Waals surface area (Å²) in [5, 5.41) is 1.11. The number of benzene rings is 3. The Morgan fingerprint density at radius 2 is 1.62 bits per heavy atom. The molecule has 1 saturated heterocycles. The molecule has 1 heterocycles. The van der Waals surface area contributed by atoms with E-state index in [0.717, 1.165) is 37.1 Å². The number of fused-ring (bicyclic) bond motifs is 1. The molecule has 0 atom stereocenters. The molecule has 34 heavy (non-hydrogen) atoms. The van der Waals surface area contributed by atoms with Crippen LogP contribution in [0.2, 0.25) is 0 Å². The van der Waals surface area contributed by atoms with Crippen molar-refractivity contribution in [3.05, 3.63) is 82.7 Å². The fourth-order valence-electron chi connectivity index (χ4n) is 3.99. The van der Waals surface area contributed by atoms with Crippen molar-refractivity contribution in [3.63, 3.8) is 0 Å². The van der Waals surface area contributed by atoms with Crippen molar-refractivity contribution in [1.82, 2.24) is 0 Å². The second-order valence-corrected chi connectivity index (χ2v) is 8.53. The first-order chi connectivity index (χ1) is 16.5. The van der Waals surface area contributed by atoms with Crippen molar-refractivity contribution in [2.24, 2.45) is 5.92 Å². The first kappa shape index (κ1) is 24.3. The maximum absolute atomic E-state index is 14.6. The summed E-state index contributed by atoms with van der Waals surface area (Å²) in [4.78, 5) is 0. The molecule has 0 aliphatic carbocycles. The van der Waals surface area contributed by atoms with E-state index >= 15 is 0 Å². The normalized spacial score (nSPS) is 18.0. The number of ether oxygens (including phenoxy) is 3. The molecule has 0 unspecified atom stereocenters. The summed E-state index contributed by atoms with van der Waals surface area (Å²) < 4.78 is 58.1. The molecule has 3 nitrogen and oxygen atoms in total. The van der Waals surface area contributed by atoms with E-state index in [1.165, 1.54) is 6.07 Å². The van der Waals surface area contributed by atoms with Gasteiger partial charge in [-0.1, -0.05) is 24.0 Å². The van der Waals surface area contributed by atoms with E-state index < -0.39 is 17.5 Å². The predicted octanol–water partition coefficient (Wildman–Crippen LogP) is 6.01. The van der Waals surface area contributed by atoms with Crippen LogP contribution < -0.4 is 0 Å². The van der Waals surface area contributed by atoms with Crippen LogP contribution in [0.3, 0.4) is 0 Å². The highest BCUT2D eigenvalue weighted by molar-refractivity contribution is 5.84. The van der Waals surface area contributed by atoms with E-state index in [-0.39, 0.29) is 11.9 Å². The SMILES string of the molecule is COCCCC1COC(CCc2ccc(C#Cc3ccc4cc(F)c(F)cc4c3)c(F)c2)OC1. The van der Waals surface area contributed by atoms with Gasteiger partial charge in [-0.25, -0.2) is 13.2 Å². The summed E-state index contributed by atoms with van der Waals surface area (Å²) in [6.45, 7) is 2.09. The molecule has 3 aromatic rings. The first-order valence-electron chi connectivity index (χ1n) is 11.4. The molecule has 0 aromatic heterocycles. The zero-order valence-electron chi connectivity index (χ0n) is 19.1. The Kier molecular flexibility index (Phi) is 8.23. The highest BCUT2D eigenvalue weighted by Gasteiger charge is 2.21. The van der Waals surface area contributed by atoms with Crippen LogP contribution in [0.1, 0.15) is 36.0 Å². The number of halogens is 3. The molecule has 178 valence electrons. The van der Waals surface area contributed by atoms with Crippen LogP contribution in [0, 0.1) is 35.2 Å². The number of rotatable bonds is 7. The third kappa shape index (κ3) is 6.38. The smallest absolute Gasteiger partial charge is 0.159 e. The zero-order chi connectivity index (χ0) is 23.9. The van der Waals surface area contributed by atoms with Crippen LogP contribution in [-0.4, -0.2) is 33.2 Å². The summed E-state index contributed by atoms with van der Waals surface area (Å²) in [5.74, 6) is 3.92. The summed E-state index contributed by atoms with van der Waals surface area (Å²) >= 11 is 0. The van der Waals surface area contributed by atoms with E-state index in [2.05, 4.69) is 11.8 Å². The molecular weight excluding hydrogens is 441 g/mol. The quantitative estimate of drug-likeness (QED) is 0.314. The van der Waals surface area contributed by atoms with Gasteiger partial charge in [-0.15, -0.1) is 0 Å². The van der Waals surface area contributed by atoms with E-state index in [9.17, 15) is 13.2 Å². The summed E-state index contributed by atoms with van der Waals surface area (Å²) in [5.41, 5.74) is 1.72. The van der Waals surface area contributed by atoms with E-state index in [0.29, 0.717) is 48.3 Å². The number of methoxy groups -OCH3 is 1. The van der Waals surface area contributed by atoms with E-state index in [1.807, 2.05) is 6.07 Å². The van der Waals surface area contributed by atoms with Crippen LogP contribution >= 0.6 is 0 Å². The predicted molar refractivity (Wildman–Crippen MR) is 125 cm³/mol. The van der Waals surface area contributed by atoms with Crippen LogP contribution in [0.25, 0.3) is 10.8 Å². The van der Waals surface area contributed by atoms with Crippen LogP contribution in [0.15, 0.2) is 48.5 Å². The van der Waals surface area contributed by atoms with Gasteiger partial charge in [0.1, 0.15) is 5.82 Å². The molecule has 0 spiro atoms. The Bertz CT molecular complexity index is 1190. The Morgan fingerprint density at radius 1 is 0.853 bits per heavy atom. The van der Waals surface area contributed by atoms with Gasteiger partial charge in [-0.05, 0) is 72.0 Å². The second-order valence-electron chi connectivity index (χ2n) is 8.53. The highest BCUT2D eigenvalue weighted by Crippen LogP contribution is 2.21. The lowest BCUT2D eigenvalue weighted by atomic mass is 10.0. The van der Waals surface area contributed by atoms with Gasteiger partial charge in [-0.3, -0.25) is 0 Å². The van der Waals surface area contributed by atoms with Crippen molar-refractivity contribution in [3.8, 4) is 11.8 Å². The fraction of sp³-hybridized carbons (Fsp3) is 0.357.